The molecule has 2 aromatic rings. The second kappa shape index (κ2) is 5.62. The first kappa shape index (κ1) is 13.9. The predicted molar refractivity (Wildman–Crippen MR) is 75.9 cm³/mol. The standard InChI is InChI=1S/C13H10N2O4S/c1-7(9-11(17)15-13(19)20-12(9)18)14-10(16)8-5-3-2-4-6-8/h2-6,18H,1H3,(H,15,17,19). The summed E-state index contributed by atoms with van der Waals surface area (Å²) in [7, 11) is 0. The van der Waals surface area contributed by atoms with Crippen molar-refractivity contribution in [2.75, 3.05) is 0 Å². The third kappa shape index (κ3) is 2.89. The zero-order chi connectivity index (χ0) is 14.7. The average molecular weight is 290 g/mol. The second-order valence-electron chi connectivity index (χ2n) is 3.89. The number of nitrogens with one attached hydrogen (secondary N) is 1. The van der Waals surface area contributed by atoms with Crippen LogP contribution in [0.25, 0.3) is 0 Å². The van der Waals surface area contributed by atoms with Crippen molar-refractivity contribution in [1.29, 1.82) is 0 Å². The molecule has 20 heavy (non-hydrogen) atoms. The Bertz CT molecular complexity index is 790. The van der Waals surface area contributed by atoms with Crippen LogP contribution in [0, 0.1) is 0 Å². The van der Waals surface area contributed by atoms with Crippen LogP contribution in [0.2, 0.25) is 0 Å². The lowest BCUT2D eigenvalue weighted by atomic mass is 10.2. The molecule has 1 aromatic heterocycles. The van der Waals surface area contributed by atoms with E-state index in [0.717, 1.165) is 0 Å². The van der Waals surface area contributed by atoms with Gasteiger partial charge in [-0.3, -0.25) is 19.4 Å². The van der Waals surface area contributed by atoms with Crippen molar-refractivity contribution in [3.8, 4) is 5.06 Å². The van der Waals surface area contributed by atoms with Crippen LogP contribution < -0.4 is 10.4 Å². The van der Waals surface area contributed by atoms with E-state index < -0.39 is 21.4 Å². The molecule has 7 heteroatoms. The van der Waals surface area contributed by atoms with Gasteiger partial charge in [-0.1, -0.05) is 18.2 Å². The van der Waals surface area contributed by atoms with Gasteiger partial charge in [-0.2, -0.15) is 0 Å². The van der Waals surface area contributed by atoms with E-state index in [-0.39, 0.29) is 11.3 Å². The second-order valence-corrected chi connectivity index (χ2v) is 4.85. The van der Waals surface area contributed by atoms with Gasteiger partial charge in [0.05, 0.1) is 5.71 Å². The van der Waals surface area contributed by atoms with Crippen molar-refractivity contribution in [3.05, 3.63) is 61.5 Å². The Kier molecular flexibility index (Phi) is 3.90. The molecule has 2 N–H and O–H groups in total. The van der Waals surface area contributed by atoms with Crippen LogP contribution in [0.15, 0.2) is 44.9 Å². The number of aromatic amines is 1. The fraction of sp³-hybridized carbons (Fsp3) is 0.0769. The Hall–Kier alpha value is -2.54. The topological polar surface area (TPSA) is 99.6 Å². The average Bonchev–Trinajstić information content (AvgIpc) is 2.38. The molecule has 0 saturated carbocycles. The fourth-order valence-corrected chi connectivity index (χ4v) is 2.25. The normalized spacial score (nSPS) is 11.3. The van der Waals surface area contributed by atoms with Crippen molar-refractivity contribution >= 4 is 23.0 Å². The van der Waals surface area contributed by atoms with Crippen LogP contribution in [0.5, 0.6) is 5.06 Å². The van der Waals surface area contributed by atoms with E-state index >= 15 is 0 Å². The first-order valence-corrected chi connectivity index (χ1v) is 6.42. The van der Waals surface area contributed by atoms with Gasteiger partial charge in [0.15, 0.2) is 5.06 Å². The van der Waals surface area contributed by atoms with Gasteiger partial charge in [0.1, 0.15) is 5.56 Å². The molecule has 0 unspecified atom stereocenters. The van der Waals surface area contributed by atoms with E-state index in [2.05, 4.69) is 4.99 Å². The number of aromatic nitrogens is 1. The summed E-state index contributed by atoms with van der Waals surface area (Å²) in [5, 5.41) is 9.17. The highest BCUT2D eigenvalue weighted by molar-refractivity contribution is 7.11. The Balaban J connectivity index is 2.44. The van der Waals surface area contributed by atoms with Crippen LogP contribution in [0.1, 0.15) is 22.8 Å². The van der Waals surface area contributed by atoms with Gasteiger partial charge in [-0.05, 0) is 30.4 Å². The number of carbonyl (C=O) groups excluding carboxylic acids is 1. The first-order valence-electron chi connectivity index (χ1n) is 5.60. The number of hydrogen-bond donors (Lipinski definition) is 2. The first-order chi connectivity index (χ1) is 9.49. The zero-order valence-electron chi connectivity index (χ0n) is 10.4. The van der Waals surface area contributed by atoms with Crippen molar-refractivity contribution in [3.63, 3.8) is 0 Å². The minimum atomic E-state index is -0.770. The van der Waals surface area contributed by atoms with E-state index in [4.69, 9.17) is 0 Å². The number of aliphatic imine (C=N–C) groups is 1. The summed E-state index contributed by atoms with van der Waals surface area (Å²) in [5.74, 6) is -0.530. The largest absolute Gasteiger partial charge is 0.499 e. The molecular weight excluding hydrogens is 280 g/mol. The van der Waals surface area contributed by atoms with Crippen molar-refractivity contribution < 1.29 is 9.90 Å². The quantitative estimate of drug-likeness (QED) is 0.810. The van der Waals surface area contributed by atoms with Crippen molar-refractivity contribution in [2.24, 2.45) is 4.99 Å². The van der Waals surface area contributed by atoms with Gasteiger partial charge >= 0.3 is 4.87 Å². The predicted octanol–water partition coefficient (Wildman–Crippen LogP) is 1.15. The van der Waals surface area contributed by atoms with Crippen LogP contribution >= 0.6 is 11.3 Å². The molecular formula is C13H10N2O4S. The van der Waals surface area contributed by atoms with Crippen LogP contribution in [0.3, 0.4) is 0 Å². The van der Waals surface area contributed by atoms with Gasteiger partial charge in [-0.15, -0.1) is 0 Å². The molecule has 0 atom stereocenters. The van der Waals surface area contributed by atoms with Crippen molar-refractivity contribution in [2.45, 2.75) is 6.92 Å². The summed E-state index contributed by atoms with van der Waals surface area (Å²) in [4.78, 5) is 39.7. The van der Waals surface area contributed by atoms with Gasteiger partial charge in [-0.25, -0.2) is 4.99 Å². The molecule has 2 rings (SSSR count). The van der Waals surface area contributed by atoms with Crippen LogP contribution in [-0.2, 0) is 0 Å². The molecule has 0 bridgehead atoms. The Labute approximate surface area is 117 Å². The maximum atomic E-state index is 11.9. The molecule has 0 aliphatic heterocycles. The van der Waals surface area contributed by atoms with E-state index in [1.807, 2.05) is 4.98 Å². The number of benzene rings is 1. The summed E-state index contributed by atoms with van der Waals surface area (Å²) < 4.78 is 0. The smallest absolute Gasteiger partial charge is 0.310 e. The minimum absolute atomic E-state index is 0.0499. The summed E-state index contributed by atoms with van der Waals surface area (Å²) >= 11 is 0.477. The van der Waals surface area contributed by atoms with Gasteiger partial charge < -0.3 is 5.11 Å². The third-order valence-electron chi connectivity index (χ3n) is 2.50. The molecule has 1 aromatic carbocycles. The lowest BCUT2D eigenvalue weighted by Gasteiger charge is -2.01. The number of nitrogens with zero attached hydrogens (tertiary/aromatic N) is 1. The van der Waals surface area contributed by atoms with Gasteiger partial charge in [0.25, 0.3) is 11.5 Å². The highest BCUT2D eigenvalue weighted by atomic mass is 32.1. The molecule has 1 heterocycles. The fourth-order valence-electron chi connectivity index (χ4n) is 1.59. The number of aromatic hydroxyl groups is 1. The number of rotatable bonds is 2. The SMILES string of the molecule is CC(=NC(=O)c1ccccc1)c1c(O)sc(=O)[nH]c1=O. The molecule has 0 aliphatic carbocycles. The van der Waals surface area contributed by atoms with Gasteiger partial charge in [0, 0.05) is 5.56 Å². The monoisotopic (exact) mass is 290 g/mol. The highest BCUT2D eigenvalue weighted by Crippen LogP contribution is 2.15. The lowest BCUT2D eigenvalue weighted by Crippen LogP contribution is -2.23. The van der Waals surface area contributed by atoms with Crippen molar-refractivity contribution in [1.82, 2.24) is 4.98 Å². The molecule has 6 nitrogen and oxygen atoms in total. The van der Waals surface area contributed by atoms with Crippen LogP contribution in [-0.4, -0.2) is 21.7 Å². The molecule has 102 valence electrons. The Morgan fingerprint density at radius 1 is 1.25 bits per heavy atom. The molecule has 0 fully saturated rings. The number of hydrogen-bond acceptors (Lipinski definition) is 5. The summed E-state index contributed by atoms with van der Waals surface area (Å²) in [5.41, 5.74) is -0.520. The number of carbonyl (C=O) groups is 1. The minimum Gasteiger partial charge on any atom is -0.499 e. The zero-order valence-corrected chi connectivity index (χ0v) is 11.2. The third-order valence-corrected chi connectivity index (χ3v) is 3.18. The van der Waals surface area contributed by atoms with Gasteiger partial charge in [0.2, 0.25) is 0 Å². The summed E-state index contributed by atoms with van der Waals surface area (Å²) in [6.07, 6.45) is 0. The number of amides is 1. The summed E-state index contributed by atoms with van der Waals surface area (Å²) in [6.45, 7) is 1.42. The van der Waals surface area contributed by atoms with E-state index in [9.17, 15) is 19.5 Å². The molecule has 0 aliphatic rings. The number of H-pyrrole nitrogens is 1. The Morgan fingerprint density at radius 2 is 1.90 bits per heavy atom. The molecule has 0 spiro atoms. The van der Waals surface area contributed by atoms with E-state index in [0.29, 0.717) is 16.9 Å². The van der Waals surface area contributed by atoms with E-state index in [1.54, 1.807) is 30.3 Å². The summed E-state index contributed by atoms with van der Waals surface area (Å²) in [6, 6.07) is 8.32. The van der Waals surface area contributed by atoms with E-state index in [1.165, 1.54) is 6.92 Å². The van der Waals surface area contributed by atoms with Crippen LogP contribution in [0.4, 0.5) is 0 Å². The molecule has 1 amide bonds. The Morgan fingerprint density at radius 3 is 2.50 bits per heavy atom. The highest BCUT2D eigenvalue weighted by Gasteiger charge is 2.14. The maximum Gasteiger partial charge on any atom is 0.310 e. The molecule has 0 saturated heterocycles. The molecule has 0 radical (unpaired) electrons. The lowest BCUT2D eigenvalue weighted by molar-refractivity contribution is 0.100. The maximum absolute atomic E-state index is 11.9.